The molecule has 2 aliphatic rings. The fourth-order valence-electron chi connectivity index (χ4n) is 3.12. The quantitative estimate of drug-likeness (QED) is 0.918. The number of ether oxygens (including phenoxy) is 2. The topological polar surface area (TPSA) is 41.9 Å². The predicted molar refractivity (Wildman–Crippen MR) is 77.0 cm³/mol. The van der Waals surface area contributed by atoms with E-state index in [1.165, 1.54) is 19.3 Å². The van der Waals surface area contributed by atoms with E-state index in [1.807, 2.05) is 18.2 Å². The van der Waals surface area contributed by atoms with Crippen LogP contribution in [-0.2, 0) is 0 Å². The molecule has 110 valence electrons. The molecule has 2 heterocycles. The van der Waals surface area contributed by atoms with Crippen LogP contribution in [0.15, 0.2) is 18.2 Å². The summed E-state index contributed by atoms with van der Waals surface area (Å²) in [6.07, 6.45) is 3.34. The number of rotatable bonds is 4. The van der Waals surface area contributed by atoms with Crippen molar-refractivity contribution in [1.82, 2.24) is 4.90 Å². The normalized spacial score (nSPS) is 23.8. The number of likely N-dealkylation sites (tertiary alicyclic amines) is 1. The van der Waals surface area contributed by atoms with Gasteiger partial charge in [0.15, 0.2) is 11.5 Å². The van der Waals surface area contributed by atoms with Gasteiger partial charge in [0.25, 0.3) is 0 Å². The van der Waals surface area contributed by atoms with Gasteiger partial charge < -0.3 is 19.5 Å². The first-order valence-electron chi connectivity index (χ1n) is 7.56. The number of β-amino-alcohol motifs (C(OH)–C–C–N with tert-alkyl or cyclic N) is 1. The molecule has 1 aromatic rings. The Labute approximate surface area is 120 Å². The smallest absolute Gasteiger partial charge is 0.231 e. The number of benzene rings is 1. The number of aliphatic hydroxyl groups is 1. The molecule has 1 saturated heterocycles. The number of aliphatic hydroxyl groups excluding tert-OH is 1. The molecule has 0 aromatic heterocycles. The standard InChI is InChI=1S/C16H23NO3/c1-2-12-4-3-7-17(9-12)10-14(18)13-5-6-15-16(8-13)20-11-19-15/h5-6,8,12,14,18H,2-4,7,9-11H2,1H3. The fourth-order valence-corrected chi connectivity index (χ4v) is 3.12. The maximum Gasteiger partial charge on any atom is 0.231 e. The summed E-state index contributed by atoms with van der Waals surface area (Å²) in [5.74, 6) is 2.30. The predicted octanol–water partition coefficient (Wildman–Crippen LogP) is 2.57. The highest BCUT2D eigenvalue weighted by molar-refractivity contribution is 5.45. The third-order valence-corrected chi connectivity index (χ3v) is 4.39. The molecular formula is C16H23NO3. The van der Waals surface area contributed by atoms with Crippen molar-refractivity contribution in [3.05, 3.63) is 23.8 Å². The Morgan fingerprint density at radius 2 is 2.20 bits per heavy atom. The molecule has 20 heavy (non-hydrogen) atoms. The highest BCUT2D eigenvalue weighted by Gasteiger charge is 2.22. The van der Waals surface area contributed by atoms with Gasteiger partial charge in [0, 0.05) is 13.1 Å². The zero-order valence-corrected chi connectivity index (χ0v) is 12.0. The number of fused-ring (bicyclic) bond motifs is 1. The second-order valence-corrected chi connectivity index (χ2v) is 5.80. The summed E-state index contributed by atoms with van der Waals surface area (Å²) in [5.41, 5.74) is 0.910. The van der Waals surface area contributed by atoms with Crippen LogP contribution in [0.5, 0.6) is 11.5 Å². The minimum atomic E-state index is -0.458. The molecule has 1 aromatic carbocycles. The molecule has 1 N–H and O–H groups in total. The Kier molecular flexibility index (Phi) is 4.13. The molecule has 2 unspecified atom stereocenters. The number of hydrogen-bond donors (Lipinski definition) is 1. The first-order chi connectivity index (χ1) is 9.76. The largest absolute Gasteiger partial charge is 0.454 e. The van der Waals surface area contributed by atoms with Crippen molar-refractivity contribution in [2.75, 3.05) is 26.4 Å². The second-order valence-electron chi connectivity index (χ2n) is 5.80. The Bertz CT molecular complexity index is 463. The van der Waals surface area contributed by atoms with Gasteiger partial charge in [-0.25, -0.2) is 0 Å². The van der Waals surface area contributed by atoms with Crippen LogP contribution in [0, 0.1) is 5.92 Å². The van der Waals surface area contributed by atoms with Gasteiger partial charge in [-0.2, -0.15) is 0 Å². The first-order valence-corrected chi connectivity index (χ1v) is 7.56. The summed E-state index contributed by atoms with van der Waals surface area (Å²) in [4.78, 5) is 2.38. The minimum absolute atomic E-state index is 0.277. The number of piperidine rings is 1. The van der Waals surface area contributed by atoms with Gasteiger partial charge >= 0.3 is 0 Å². The molecule has 2 atom stereocenters. The van der Waals surface area contributed by atoms with Crippen molar-refractivity contribution in [3.8, 4) is 11.5 Å². The van der Waals surface area contributed by atoms with Gasteiger partial charge in [-0.15, -0.1) is 0 Å². The summed E-state index contributed by atoms with van der Waals surface area (Å²) in [6.45, 7) is 5.44. The highest BCUT2D eigenvalue weighted by atomic mass is 16.7. The van der Waals surface area contributed by atoms with Crippen molar-refractivity contribution in [1.29, 1.82) is 0 Å². The van der Waals surface area contributed by atoms with E-state index >= 15 is 0 Å². The number of nitrogens with zero attached hydrogens (tertiary/aromatic N) is 1. The van der Waals surface area contributed by atoms with E-state index in [2.05, 4.69) is 11.8 Å². The zero-order chi connectivity index (χ0) is 13.9. The van der Waals surface area contributed by atoms with Gasteiger partial charge in [-0.1, -0.05) is 19.4 Å². The van der Waals surface area contributed by atoms with Crippen LogP contribution in [0.2, 0.25) is 0 Å². The van der Waals surface area contributed by atoms with E-state index in [0.717, 1.165) is 36.1 Å². The molecule has 2 aliphatic heterocycles. The van der Waals surface area contributed by atoms with Crippen LogP contribution in [-0.4, -0.2) is 36.4 Å². The Balaban J connectivity index is 1.62. The minimum Gasteiger partial charge on any atom is -0.454 e. The van der Waals surface area contributed by atoms with E-state index in [9.17, 15) is 5.11 Å². The second kappa shape index (κ2) is 6.02. The average molecular weight is 277 g/mol. The van der Waals surface area contributed by atoms with Crippen LogP contribution in [0.1, 0.15) is 37.9 Å². The molecule has 0 radical (unpaired) electrons. The zero-order valence-electron chi connectivity index (χ0n) is 12.0. The summed E-state index contributed by atoms with van der Waals surface area (Å²) >= 11 is 0. The third kappa shape index (κ3) is 2.91. The molecule has 0 spiro atoms. The van der Waals surface area contributed by atoms with E-state index in [1.54, 1.807) is 0 Å². The molecule has 0 saturated carbocycles. The Morgan fingerprint density at radius 1 is 1.35 bits per heavy atom. The SMILES string of the molecule is CCC1CCCN(CC(O)c2ccc3c(c2)OCO3)C1. The fraction of sp³-hybridized carbons (Fsp3) is 0.625. The molecule has 4 heteroatoms. The van der Waals surface area contributed by atoms with Crippen LogP contribution in [0.4, 0.5) is 0 Å². The summed E-state index contributed by atoms with van der Waals surface area (Å²) in [7, 11) is 0. The molecule has 1 fully saturated rings. The lowest BCUT2D eigenvalue weighted by Crippen LogP contribution is -2.37. The molecule has 4 nitrogen and oxygen atoms in total. The molecule has 3 rings (SSSR count). The molecular weight excluding hydrogens is 254 g/mol. The van der Waals surface area contributed by atoms with E-state index in [-0.39, 0.29) is 6.79 Å². The third-order valence-electron chi connectivity index (χ3n) is 4.39. The van der Waals surface area contributed by atoms with E-state index in [0.29, 0.717) is 6.54 Å². The Morgan fingerprint density at radius 3 is 3.05 bits per heavy atom. The van der Waals surface area contributed by atoms with E-state index in [4.69, 9.17) is 9.47 Å². The van der Waals surface area contributed by atoms with Gasteiger partial charge in [-0.05, 0) is 43.0 Å². The number of hydrogen-bond acceptors (Lipinski definition) is 4. The molecule has 0 aliphatic carbocycles. The first kappa shape index (κ1) is 13.7. The molecule has 0 amide bonds. The summed E-state index contributed by atoms with van der Waals surface area (Å²) in [5, 5.41) is 10.4. The lowest BCUT2D eigenvalue weighted by Gasteiger charge is -2.33. The van der Waals surface area contributed by atoms with Crippen molar-refractivity contribution in [3.63, 3.8) is 0 Å². The van der Waals surface area contributed by atoms with Crippen molar-refractivity contribution >= 4 is 0 Å². The Hall–Kier alpha value is -1.26. The van der Waals surface area contributed by atoms with Gasteiger partial charge in [0.1, 0.15) is 0 Å². The van der Waals surface area contributed by atoms with Gasteiger partial charge in [-0.3, -0.25) is 0 Å². The van der Waals surface area contributed by atoms with Crippen LogP contribution in [0.3, 0.4) is 0 Å². The lowest BCUT2D eigenvalue weighted by atomic mass is 9.95. The maximum atomic E-state index is 10.4. The van der Waals surface area contributed by atoms with Crippen LogP contribution in [0.25, 0.3) is 0 Å². The van der Waals surface area contributed by atoms with Crippen LogP contribution >= 0.6 is 0 Å². The monoisotopic (exact) mass is 277 g/mol. The van der Waals surface area contributed by atoms with Gasteiger partial charge in [0.05, 0.1) is 6.10 Å². The van der Waals surface area contributed by atoms with Crippen molar-refractivity contribution < 1.29 is 14.6 Å². The molecule has 0 bridgehead atoms. The maximum absolute atomic E-state index is 10.4. The van der Waals surface area contributed by atoms with Crippen molar-refractivity contribution in [2.45, 2.75) is 32.3 Å². The van der Waals surface area contributed by atoms with Crippen molar-refractivity contribution in [2.24, 2.45) is 5.92 Å². The summed E-state index contributed by atoms with van der Waals surface area (Å²) < 4.78 is 10.7. The van der Waals surface area contributed by atoms with Crippen LogP contribution < -0.4 is 9.47 Å². The van der Waals surface area contributed by atoms with Gasteiger partial charge in [0.2, 0.25) is 6.79 Å². The summed E-state index contributed by atoms with van der Waals surface area (Å²) in [6, 6.07) is 5.71. The van der Waals surface area contributed by atoms with E-state index < -0.39 is 6.10 Å². The highest BCUT2D eigenvalue weighted by Crippen LogP contribution is 2.34. The lowest BCUT2D eigenvalue weighted by molar-refractivity contribution is 0.0835. The average Bonchev–Trinajstić information content (AvgIpc) is 2.94.